The molecule has 1 saturated heterocycles. The van der Waals surface area contributed by atoms with Gasteiger partial charge in [0.2, 0.25) is 0 Å². The molecule has 0 aliphatic carbocycles. The molecule has 1 aliphatic rings. The Bertz CT molecular complexity index is 976. The SMILES string of the molecule is CN1CCN(NC(=O)c2cc(C(=O)N=C(N)N)cc(-c3ccsc3C(F)F)c2)CC1.Cl.Cl. The fourth-order valence-electron chi connectivity index (χ4n) is 3.07. The van der Waals surface area contributed by atoms with Crippen LogP contribution in [0.2, 0.25) is 0 Å². The minimum Gasteiger partial charge on any atom is -0.370 e. The van der Waals surface area contributed by atoms with Crippen molar-refractivity contribution in [2.45, 2.75) is 6.43 Å². The van der Waals surface area contributed by atoms with Crippen LogP contribution in [0, 0.1) is 0 Å². The fourth-order valence-corrected chi connectivity index (χ4v) is 3.84. The summed E-state index contributed by atoms with van der Waals surface area (Å²) in [7, 11) is 1.99. The van der Waals surface area contributed by atoms with Crippen molar-refractivity contribution in [3.63, 3.8) is 0 Å². The van der Waals surface area contributed by atoms with Gasteiger partial charge in [0.1, 0.15) is 0 Å². The van der Waals surface area contributed by atoms with Crippen molar-refractivity contribution < 1.29 is 18.4 Å². The molecule has 0 radical (unpaired) electrons. The standard InChI is InChI=1S/C19H22F2N6O2S.2ClH/c1-26-3-5-27(6-4-26)25-18(29)13-9-11(14-2-7-30-15(14)16(20)21)8-12(10-13)17(28)24-19(22)23;;/h2,7-10,16H,3-6H2,1H3,(H,25,29)(H4,22,23,24,28);2*1H. The lowest BCUT2D eigenvalue weighted by atomic mass is 9.99. The number of halogens is 4. The molecule has 3 rings (SSSR count). The lowest BCUT2D eigenvalue weighted by Gasteiger charge is -2.32. The number of benzene rings is 1. The number of alkyl halides is 2. The van der Waals surface area contributed by atoms with Gasteiger partial charge in [-0.3, -0.25) is 15.0 Å². The third-order valence-electron chi connectivity index (χ3n) is 4.64. The van der Waals surface area contributed by atoms with Crippen LogP contribution in [-0.4, -0.2) is 60.9 Å². The van der Waals surface area contributed by atoms with Crippen LogP contribution in [0.15, 0.2) is 34.6 Å². The predicted molar refractivity (Wildman–Crippen MR) is 126 cm³/mol. The Kier molecular flexibility index (Phi) is 10.5. The summed E-state index contributed by atoms with van der Waals surface area (Å²) in [6.07, 6.45) is -2.68. The van der Waals surface area contributed by atoms with Crippen LogP contribution in [-0.2, 0) is 0 Å². The summed E-state index contributed by atoms with van der Waals surface area (Å²) in [6, 6.07) is 5.75. The maximum absolute atomic E-state index is 13.4. The second kappa shape index (κ2) is 12.1. The molecule has 1 aromatic heterocycles. The fraction of sp³-hybridized carbons (Fsp3) is 0.316. The molecule has 176 valence electrons. The van der Waals surface area contributed by atoms with Crippen molar-refractivity contribution in [2.24, 2.45) is 16.5 Å². The summed E-state index contributed by atoms with van der Waals surface area (Å²) in [5.74, 6) is -1.65. The number of likely N-dealkylation sites (N-methyl/N-ethyl adjacent to an activating group) is 1. The Hall–Kier alpha value is -2.31. The van der Waals surface area contributed by atoms with Gasteiger partial charge < -0.3 is 16.4 Å². The number of carbonyl (C=O) groups is 2. The van der Waals surface area contributed by atoms with Gasteiger partial charge in [0.05, 0.1) is 4.88 Å². The van der Waals surface area contributed by atoms with Crippen molar-refractivity contribution in [1.29, 1.82) is 0 Å². The van der Waals surface area contributed by atoms with Crippen molar-refractivity contribution in [3.8, 4) is 11.1 Å². The Balaban J connectivity index is 0.00000256. The van der Waals surface area contributed by atoms with Gasteiger partial charge >= 0.3 is 0 Å². The van der Waals surface area contributed by atoms with Crippen LogP contribution in [0.3, 0.4) is 0 Å². The van der Waals surface area contributed by atoms with Crippen molar-refractivity contribution in [1.82, 2.24) is 15.3 Å². The van der Waals surface area contributed by atoms with Crippen molar-refractivity contribution >= 4 is 53.9 Å². The summed E-state index contributed by atoms with van der Waals surface area (Å²) in [4.78, 5) is 30.7. The van der Waals surface area contributed by atoms with E-state index in [1.165, 1.54) is 29.6 Å². The first-order valence-corrected chi connectivity index (χ1v) is 10.0. The van der Waals surface area contributed by atoms with E-state index < -0.39 is 24.2 Å². The maximum atomic E-state index is 13.4. The molecule has 0 saturated carbocycles. The van der Waals surface area contributed by atoms with Crippen LogP contribution in [0.5, 0.6) is 0 Å². The van der Waals surface area contributed by atoms with E-state index >= 15 is 0 Å². The van der Waals surface area contributed by atoms with E-state index in [0.29, 0.717) is 18.7 Å². The minimum atomic E-state index is -2.68. The topological polar surface area (TPSA) is 117 Å². The Morgan fingerprint density at radius 3 is 2.31 bits per heavy atom. The molecule has 32 heavy (non-hydrogen) atoms. The summed E-state index contributed by atoms with van der Waals surface area (Å²) in [5.41, 5.74) is 14.1. The average Bonchev–Trinajstić information content (AvgIpc) is 3.19. The van der Waals surface area contributed by atoms with Gasteiger partial charge in [-0.2, -0.15) is 4.99 Å². The number of aliphatic imine (C=N–C) groups is 1. The van der Waals surface area contributed by atoms with E-state index in [0.717, 1.165) is 24.4 Å². The number of hydrogen-bond donors (Lipinski definition) is 3. The third kappa shape index (κ3) is 6.84. The summed E-state index contributed by atoms with van der Waals surface area (Å²) in [6.45, 7) is 2.87. The first-order chi connectivity index (χ1) is 14.2. The molecule has 13 heteroatoms. The number of piperazine rings is 1. The molecule has 2 heterocycles. The van der Waals surface area contributed by atoms with Crippen LogP contribution >= 0.6 is 36.2 Å². The molecule has 1 aromatic carbocycles. The molecule has 0 unspecified atom stereocenters. The number of amides is 2. The Labute approximate surface area is 200 Å². The molecular formula is C19H24Cl2F2N6O2S. The quantitative estimate of drug-likeness (QED) is 0.421. The number of hydrogen-bond acceptors (Lipinski definition) is 5. The van der Waals surface area contributed by atoms with Crippen LogP contribution in [0.25, 0.3) is 11.1 Å². The largest absolute Gasteiger partial charge is 0.370 e. The lowest BCUT2D eigenvalue weighted by molar-refractivity contribution is 0.0662. The molecule has 1 fully saturated rings. The predicted octanol–water partition coefficient (Wildman–Crippen LogP) is 2.50. The molecule has 0 atom stereocenters. The van der Waals surface area contributed by atoms with Gasteiger partial charge in [-0.25, -0.2) is 13.8 Å². The van der Waals surface area contributed by atoms with E-state index in [9.17, 15) is 18.4 Å². The highest BCUT2D eigenvalue weighted by Crippen LogP contribution is 2.36. The second-order valence-corrected chi connectivity index (χ2v) is 7.82. The van der Waals surface area contributed by atoms with Crippen LogP contribution < -0.4 is 16.9 Å². The van der Waals surface area contributed by atoms with Gasteiger partial charge in [0.15, 0.2) is 5.96 Å². The first kappa shape index (κ1) is 27.7. The van der Waals surface area contributed by atoms with Crippen molar-refractivity contribution in [3.05, 3.63) is 45.6 Å². The Morgan fingerprint density at radius 2 is 1.72 bits per heavy atom. The molecule has 5 N–H and O–H groups in total. The van der Waals surface area contributed by atoms with E-state index in [1.54, 1.807) is 5.01 Å². The van der Waals surface area contributed by atoms with Crippen LogP contribution in [0.1, 0.15) is 32.0 Å². The molecule has 8 nitrogen and oxygen atoms in total. The first-order valence-electron chi connectivity index (χ1n) is 9.14. The molecule has 1 aliphatic heterocycles. The van der Waals surface area contributed by atoms with Crippen molar-refractivity contribution in [2.75, 3.05) is 33.2 Å². The molecular weight excluding hydrogens is 485 g/mol. The van der Waals surface area contributed by atoms with Gasteiger partial charge in [0.25, 0.3) is 18.2 Å². The van der Waals surface area contributed by atoms with E-state index in [2.05, 4.69) is 15.3 Å². The zero-order valence-electron chi connectivity index (χ0n) is 17.1. The number of hydrazine groups is 1. The zero-order chi connectivity index (χ0) is 21.8. The normalized spacial score (nSPS) is 14.2. The monoisotopic (exact) mass is 508 g/mol. The minimum absolute atomic E-state index is 0. The highest BCUT2D eigenvalue weighted by atomic mass is 35.5. The molecule has 0 spiro atoms. The number of nitrogens with one attached hydrogen (secondary N) is 1. The molecule has 2 amide bonds. The zero-order valence-corrected chi connectivity index (χ0v) is 19.5. The van der Waals surface area contributed by atoms with E-state index in [4.69, 9.17) is 11.5 Å². The smallest absolute Gasteiger partial charge is 0.280 e. The number of guanidine groups is 1. The number of nitrogens with zero attached hydrogens (tertiary/aromatic N) is 3. The maximum Gasteiger partial charge on any atom is 0.280 e. The summed E-state index contributed by atoms with van der Waals surface area (Å²) >= 11 is 0.904. The van der Waals surface area contributed by atoms with E-state index in [1.807, 2.05) is 7.05 Å². The lowest BCUT2D eigenvalue weighted by Crippen LogP contribution is -2.52. The Morgan fingerprint density at radius 1 is 1.09 bits per heavy atom. The third-order valence-corrected chi connectivity index (χ3v) is 5.56. The number of carbonyl (C=O) groups excluding carboxylic acids is 2. The second-order valence-electron chi connectivity index (χ2n) is 6.87. The average molecular weight is 509 g/mol. The van der Waals surface area contributed by atoms with Gasteiger partial charge in [-0.1, -0.05) is 0 Å². The number of rotatable bonds is 5. The van der Waals surface area contributed by atoms with Gasteiger partial charge in [-0.15, -0.1) is 36.2 Å². The highest BCUT2D eigenvalue weighted by Gasteiger charge is 2.21. The molecule has 0 bridgehead atoms. The highest BCUT2D eigenvalue weighted by molar-refractivity contribution is 7.10. The van der Waals surface area contributed by atoms with Crippen LogP contribution in [0.4, 0.5) is 8.78 Å². The number of nitrogens with two attached hydrogens (primary N) is 2. The van der Waals surface area contributed by atoms with Gasteiger partial charge in [-0.05, 0) is 42.3 Å². The summed E-state index contributed by atoms with van der Waals surface area (Å²) < 4.78 is 26.8. The van der Waals surface area contributed by atoms with Gasteiger partial charge in [0, 0.05) is 42.9 Å². The summed E-state index contributed by atoms with van der Waals surface area (Å²) in [5, 5.41) is 3.31. The molecule has 2 aromatic rings. The number of thiophene rings is 1. The van der Waals surface area contributed by atoms with E-state index in [-0.39, 0.29) is 46.4 Å².